The van der Waals surface area contributed by atoms with Crippen LogP contribution in [0.15, 0.2) is 36.4 Å². The first-order chi connectivity index (χ1) is 16.8. The molecule has 4 atom stereocenters. The van der Waals surface area contributed by atoms with Crippen molar-refractivity contribution >= 4 is 17.3 Å². The Bertz CT molecular complexity index is 1510. The number of anilines is 1. The summed E-state index contributed by atoms with van der Waals surface area (Å²) in [6.45, 7) is 5.92. The van der Waals surface area contributed by atoms with Gasteiger partial charge in [0.25, 0.3) is 0 Å². The van der Waals surface area contributed by atoms with Crippen LogP contribution in [0.1, 0.15) is 63.7 Å². The molecule has 2 aliphatic carbocycles. The summed E-state index contributed by atoms with van der Waals surface area (Å²) in [6.07, 6.45) is 2.62. The van der Waals surface area contributed by atoms with E-state index in [9.17, 15) is 19.8 Å². The van der Waals surface area contributed by atoms with Gasteiger partial charge in [-0.05, 0) is 42.2 Å². The van der Waals surface area contributed by atoms with Gasteiger partial charge < -0.3 is 20.3 Å². The van der Waals surface area contributed by atoms with E-state index in [-0.39, 0.29) is 34.1 Å². The Morgan fingerprint density at radius 1 is 1.06 bits per heavy atom. The second-order valence-electron chi connectivity index (χ2n) is 9.64. The smallest absolute Gasteiger partial charge is 0.198 e. The molecule has 0 spiro atoms. The monoisotopic (exact) mass is 465 g/mol. The summed E-state index contributed by atoms with van der Waals surface area (Å²) < 4.78 is 6.41. The lowest BCUT2D eigenvalue weighted by molar-refractivity contribution is 0.0975. The molecule has 2 heterocycles. The maximum absolute atomic E-state index is 13.9. The SMILES string of the molecule is CCc1ccc2c(c1)C(=O)c1c3c(cc(O)c1C2=O)[C@@]12O[C@@]1(C(C)C)[C@H](C#C/C=C\C#C[C@H]2O)N3. The number of ether oxygens (including phenoxy) is 1. The molecule has 1 saturated heterocycles. The Labute approximate surface area is 203 Å². The minimum atomic E-state index is -1.32. The highest BCUT2D eigenvalue weighted by molar-refractivity contribution is 6.31. The molecule has 174 valence electrons. The zero-order chi connectivity index (χ0) is 24.7. The highest BCUT2D eigenvalue weighted by Gasteiger charge is 2.81. The molecular formula is C29H23NO5. The number of allylic oxidation sites excluding steroid dienone is 2. The molecule has 3 N–H and O–H groups in total. The van der Waals surface area contributed by atoms with Gasteiger partial charge in [0.15, 0.2) is 23.3 Å². The number of aliphatic hydroxyl groups is 1. The first-order valence-corrected chi connectivity index (χ1v) is 11.7. The summed E-state index contributed by atoms with van der Waals surface area (Å²) in [5.74, 6) is 10.6. The number of aryl methyl sites for hydroxylation is 1. The molecule has 2 aromatic carbocycles. The van der Waals surface area contributed by atoms with Crippen molar-refractivity contribution in [2.24, 2.45) is 5.92 Å². The van der Waals surface area contributed by atoms with E-state index in [0.717, 1.165) is 5.56 Å². The van der Waals surface area contributed by atoms with E-state index in [1.54, 1.807) is 24.3 Å². The first-order valence-electron chi connectivity index (χ1n) is 11.7. The van der Waals surface area contributed by atoms with Gasteiger partial charge in [0.2, 0.25) is 0 Å². The molecule has 0 aromatic heterocycles. The quantitative estimate of drug-likeness (QED) is 0.306. The number of aliphatic hydroxyl groups excluding tert-OH is 1. The molecule has 0 radical (unpaired) electrons. The summed E-state index contributed by atoms with van der Waals surface area (Å²) in [4.78, 5) is 27.3. The van der Waals surface area contributed by atoms with Crippen LogP contribution in [0, 0.1) is 29.6 Å². The standard InChI is InChI=1S/C29H23NO5/c1-4-16-11-12-17-18(13-16)27(34)24-23(26(17)33)20(31)14-19-25(24)30-21-9-7-5-6-8-10-22(32)29(19)28(21,35-29)15(2)3/h5-6,11-15,21-22,30-32H,4H2,1-3H3/b6-5-/t21-,22+,28-,29-/m0/s1. The van der Waals surface area contributed by atoms with Gasteiger partial charge in [-0.2, -0.15) is 0 Å². The number of carbonyl (C=O) groups excluding carboxylic acids is 2. The third kappa shape index (κ3) is 2.53. The van der Waals surface area contributed by atoms with Crippen LogP contribution in [-0.4, -0.2) is 39.5 Å². The summed E-state index contributed by atoms with van der Waals surface area (Å²) in [7, 11) is 0. The van der Waals surface area contributed by atoms with Crippen molar-refractivity contribution in [2.75, 3.05) is 5.32 Å². The average molecular weight is 466 g/mol. The van der Waals surface area contributed by atoms with Gasteiger partial charge in [-0.3, -0.25) is 9.59 Å². The predicted octanol–water partition coefficient (Wildman–Crippen LogP) is 3.08. The Hall–Kier alpha value is -3.84. The second-order valence-corrected chi connectivity index (χ2v) is 9.64. The Kier molecular flexibility index (Phi) is 4.39. The number of aromatic hydroxyl groups is 1. The lowest BCUT2D eigenvalue weighted by Crippen LogP contribution is -2.52. The van der Waals surface area contributed by atoms with Crippen LogP contribution in [0.4, 0.5) is 5.69 Å². The van der Waals surface area contributed by atoms with Gasteiger partial charge in [-0.15, -0.1) is 0 Å². The summed E-state index contributed by atoms with van der Waals surface area (Å²) in [5, 5.41) is 25.7. The summed E-state index contributed by atoms with van der Waals surface area (Å²) >= 11 is 0. The van der Waals surface area contributed by atoms with Crippen molar-refractivity contribution < 1.29 is 24.5 Å². The molecule has 0 amide bonds. The van der Waals surface area contributed by atoms with Crippen molar-refractivity contribution in [1.82, 2.24) is 0 Å². The predicted molar refractivity (Wildman–Crippen MR) is 129 cm³/mol. The fourth-order valence-electron chi connectivity index (χ4n) is 5.95. The third-order valence-corrected chi connectivity index (χ3v) is 7.67. The highest BCUT2D eigenvalue weighted by atomic mass is 16.6. The van der Waals surface area contributed by atoms with Crippen LogP contribution in [0.3, 0.4) is 0 Å². The Morgan fingerprint density at radius 3 is 2.49 bits per heavy atom. The largest absolute Gasteiger partial charge is 0.507 e. The minimum absolute atomic E-state index is 0.0508. The number of nitrogens with one attached hydrogen (secondary N) is 1. The summed E-state index contributed by atoms with van der Waals surface area (Å²) in [5.41, 5.74) is 0.0201. The van der Waals surface area contributed by atoms with Crippen molar-refractivity contribution in [1.29, 1.82) is 0 Å². The van der Waals surface area contributed by atoms with Gasteiger partial charge in [-0.25, -0.2) is 0 Å². The molecule has 6 nitrogen and oxygen atoms in total. The Morgan fingerprint density at radius 2 is 1.77 bits per heavy atom. The van der Waals surface area contributed by atoms with Crippen LogP contribution in [0.2, 0.25) is 0 Å². The highest BCUT2D eigenvalue weighted by Crippen LogP contribution is 2.68. The van der Waals surface area contributed by atoms with Gasteiger partial charge in [0.1, 0.15) is 17.4 Å². The van der Waals surface area contributed by atoms with Crippen LogP contribution >= 0.6 is 0 Å². The van der Waals surface area contributed by atoms with E-state index in [2.05, 4.69) is 29.0 Å². The third-order valence-electron chi connectivity index (χ3n) is 7.67. The van der Waals surface area contributed by atoms with Crippen LogP contribution in [-0.2, 0) is 16.8 Å². The maximum Gasteiger partial charge on any atom is 0.198 e. The zero-order valence-electron chi connectivity index (χ0n) is 19.5. The lowest BCUT2D eigenvalue weighted by atomic mass is 9.67. The van der Waals surface area contributed by atoms with Gasteiger partial charge in [0.05, 0.1) is 16.8 Å². The molecule has 35 heavy (non-hydrogen) atoms. The van der Waals surface area contributed by atoms with Crippen molar-refractivity contribution in [3.8, 4) is 29.4 Å². The van der Waals surface area contributed by atoms with Gasteiger partial charge >= 0.3 is 0 Å². The van der Waals surface area contributed by atoms with E-state index in [0.29, 0.717) is 23.2 Å². The number of hydrogen-bond acceptors (Lipinski definition) is 6. The lowest BCUT2D eigenvalue weighted by Gasteiger charge is -2.38. The minimum Gasteiger partial charge on any atom is -0.507 e. The number of epoxide rings is 1. The van der Waals surface area contributed by atoms with Crippen LogP contribution < -0.4 is 5.32 Å². The number of ketones is 2. The van der Waals surface area contributed by atoms with E-state index in [4.69, 9.17) is 4.74 Å². The number of carbonyl (C=O) groups is 2. The number of hydrogen-bond donors (Lipinski definition) is 3. The topological polar surface area (TPSA) is 99.2 Å². The number of fused-ring (bicyclic) bond motifs is 4. The van der Waals surface area contributed by atoms with Crippen molar-refractivity contribution in [3.05, 3.63) is 69.8 Å². The zero-order valence-corrected chi connectivity index (χ0v) is 19.5. The van der Waals surface area contributed by atoms with Crippen LogP contribution in [0.5, 0.6) is 5.75 Å². The normalized spacial score (nSPS) is 29.7. The van der Waals surface area contributed by atoms with Gasteiger partial charge in [0, 0.05) is 16.7 Å². The van der Waals surface area contributed by atoms with E-state index < -0.39 is 29.1 Å². The molecule has 2 bridgehead atoms. The number of rotatable bonds is 2. The second kappa shape index (κ2) is 7.09. The van der Waals surface area contributed by atoms with Gasteiger partial charge in [-0.1, -0.05) is 56.6 Å². The number of phenolic OH excluding ortho intramolecular Hbond substituents is 1. The van der Waals surface area contributed by atoms with E-state index >= 15 is 0 Å². The molecule has 6 rings (SSSR count). The summed E-state index contributed by atoms with van der Waals surface area (Å²) in [6, 6.07) is 6.04. The number of phenols is 1. The van der Waals surface area contributed by atoms with Crippen molar-refractivity contribution in [3.63, 3.8) is 0 Å². The molecular weight excluding hydrogens is 442 g/mol. The number of benzene rings is 2. The fraction of sp³-hybridized carbons (Fsp3) is 0.310. The Balaban J connectivity index is 1.67. The molecule has 4 aliphatic rings. The molecule has 1 fully saturated rings. The molecule has 2 aromatic rings. The fourth-order valence-corrected chi connectivity index (χ4v) is 5.95. The molecule has 2 aliphatic heterocycles. The van der Waals surface area contributed by atoms with Crippen LogP contribution in [0.25, 0.3) is 0 Å². The average Bonchev–Trinajstić information content (AvgIpc) is 3.57. The molecule has 6 heteroatoms. The van der Waals surface area contributed by atoms with E-state index in [1.165, 1.54) is 6.07 Å². The molecule has 0 saturated carbocycles. The van der Waals surface area contributed by atoms with Crippen molar-refractivity contribution in [2.45, 2.75) is 50.5 Å². The maximum atomic E-state index is 13.9. The first kappa shape index (κ1) is 21.7. The van der Waals surface area contributed by atoms with E-state index in [1.807, 2.05) is 26.8 Å². The molecule has 0 unspecified atom stereocenters.